The second-order valence-electron chi connectivity index (χ2n) is 8.33. The highest BCUT2D eigenvalue weighted by atomic mass is 19.1. The average Bonchev–Trinajstić information content (AvgIpc) is 2.71. The van der Waals surface area contributed by atoms with Gasteiger partial charge in [-0.3, -0.25) is 9.59 Å². The van der Waals surface area contributed by atoms with E-state index in [2.05, 4.69) is 16.0 Å². The molecular formula is C24H30FN3O4. The van der Waals surface area contributed by atoms with Gasteiger partial charge in [-0.25, -0.2) is 9.18 Å². The van der Waals surface area contributed by atoms with Crippen molar-refractivity contribution in [3.05, 3.63) is 71.5 Å². The van der Waals surface area contributed by atoms with Crippen LogP contribution in [0.5, 0.6) is 0 Å². The van der Waals surface area contributed by atoms with Crippen molar-refractivity contribution in [1.82, 2.24) is 16.0 Å². The summed E-state index contributed by atoms with van der Waals surface area (Å²) >= 11 is 0. The molecule has 0 saturated heterocycles. The lowest BCUT2D eigenvalue weighted by Gasteiger charge is -2.23. The van der Waals surface area contributed by atoms with Gasteiger partial charge in [0.05, 0.1) is 6.42 Å². The highest BCUT2D eigenvalue weighted by Crippen LogP contribution is 2.09. The monoisotopic (exact) mass is 443 g/mol. The number of nitrogens with one attached hydrogen (secondary N) is 3. The largest absolute Gasteiger partial charge is 0.444 e. The Labute approximate surface area is 187 Å². The zero-order chi connectivity index (χ0) is 23.6. The number of amides is 3. The van der Waals surface area contributed by atoms with Gasteiger partial charge in [0.1, 0.15) is 17.5 Å². The van der Waals surface area contributed by atoms with Crippen molar-refractivity contribution in [3.8, 4) is 0 Å². The Bertz CT molecular complexity index is 896. The molecule has 172 valence electrons. The predicted octanol–water partition coefficient (Wildman–Crippen LogP) is 2.74. The molecule has 7 nitrogen and oxygen atoms in total. The first kappa shape index (κ1) is 24.8. The summed E-state index contributed by atoms with van der Waals surface area (Å²) in [5.41, 5.74) is 0.890. The summed E-state index contributed by atoms with van der Waals surface area (Å²) in [7, 11) is 0. The van der Waals surface area contributed by atoms with Gasteiger partial charge in [0.15, 0.2) is 0 Å². The van der Waals surface area contributed by atoms with Crippen molar-refractivity contribution in [3.63, 3.8) is 0 Å². The highest BCUT2D eigenvalue weighted by molar-refractivity contribution is 5.86. The predicted molar refractivity (Wildman–Crippen MR) is 119 cm³/mol. The van der Waals surface area contributed by atoms with Gasteiger partial charge in [-0.05, 0) is 44.0 Å². The van der Waals surface area contributed by atoms with E-state index in [0.29, 0.717) is 12.0 Å². The molecule has 2 aromatic carbocycles. The van der Waals surface area contributed by atoms with Crippen LogP contribution in [0.3, 0.4) is 0 Å². The molecule has 0 radical (unpaired) electrons. The van der Waals surface area contributed by atoms with Crippen molar-refractivity contribution in [2.75, 3.05) is 13.1 Å². The smallest absolute Gasteiger partial charge is 0.408 e. The highest BCUT2D eigenvalue weighted by Gasteiger charge is 2.24. The summed E-state index contributed by atoms with van der Waals surface area (Å²) in [6.45, 7) is 5.64. The van der Waals surface area contributed by atoms with E-state index in [-0.39, 0.29) is 37.1 Å². The summed E-state index contributed by atoms with van der Waals surface area (Å²) in [6.07, 6.45) is -0.269. The molecule has 0 saturated carbocycles. The minimum absolute atomic E-state index is 0.116. The lowest BCUT2D eigenvalue weighted by atomic mass is 10.1. The zero-order valence-corrected chi connectivity index (χ0v) is 18.6. The summed E-state index contributed by atoms with van der Waals surface area (Å²) in [6, 6.07) is 14.2. The van der Waals surface area contributed by atoms with E-state index in [9.17, 15) is 18.8 Å². The second kappa shape index (κ2) is 11.8. The summed E-state index contributed by atoms with van der Waals surface area (Å²) in [4.78, 5) is 36.9. The molecule has 1 atom stereocenters. The Morgan fingerprint density at radius 3 is 2.16 bits per heavy atom. The Hall–Kier alpha value is -3.42. The number of carbonyl (C=O) groups excluding carboxylic acids is 3. The molecule has 0 aliphatic heterocycles. The van der Waals surface area contributed by atoms with Gasteiger partial charge in [0.2, 0.25) is 11.8 Å². The summed E-state index contributed by atoms with van der Waals surface area (Å²) in [5, 5.41) is 8.04. The molecule has 0 aromatic heterocycles. The van der Waals surface area contributed by atoms with E-state index in [1.54, 1.807) is 32.9 Å². The number of rotatable bonds is 9. The van der Waals surface area contributed by atoms with Crippen molar-refractivity contribution >= 4 is 17.9 Å². The van der Waals surface area contributed by atoms with Crippen LogP contribution < -0.4 is 16.0 Å². The molecule has 3 N–H and O–H groups in total. The van der Waals surface area contributed by atoms with Crippen LogP contribution in [0.25, 0.3) is 0 Å². The number of halogens is 1. The molecule has 0 bridgehead atoms. The van der Waals surface area contributed by atoms with Crippen molar-refractivity contribution in [2.45, 2.75) is 45.3 Å². The van der Waals surface area contributed by atoms with E-state index in [0.717, 1.165) is 5.56 Å². The molecular weight excluding hydrogens is 413 g/mol. The fourth-order valence-corrected chi connectivity index (χ4v) is 2.87. The minimum atomic E-state index is -0.831. The maximum Gasteiger partial charge on any atom is 0.408 e. The second-order valence-corrected chi connectivity index (χ2v) is 8.33. The fourth-order valence-electron chi connectivity index (χ4n) is 2.87. The molecule has 0 aliphatic carbocycles. The van der Waals surface area contributed by atoms with E-state index in [1.165, 1.54) is 12.1 Å². The molecule has 0 fully saturated rings. The molecule has 32 heavy (non-hydrogen) atoms. The van der Waals surface area contributed by atoms with Crippen LogP contribution in [-0.2, 0) is 27.2 Å². The Morgan fingerprint density at radius 1 is 0.906 bits per heavy atom. The summed E-state index contributed by atoms with van der Waals surface area (Å²) in [5.74, 6) is -0.979. The topological polar surface area (TPSA) is 96.5 Å². The van der Waals surface area contributed by atoms with Crippen LogP contribution in [-0.4, -0.2) is 42.6 Å². The number of carbonyl (C=O) groups is 3. The van der Waals surface area contributed by atoms with Crippen molar-refractivity contribution < 1.29 is 23.5 Å². The fraction of sp³-hybridized carbons (Fsp3) is 0.375. The molecule has 0 spiro atoms. The Morgan fingerprint density at radius 2 is 1.53 bits per heavy atom. The molecule has 1 unspecified atom stereocenters. The molecule has 2 aromatic rings. The average molecular weight is 444 g/mol. The van der Waals surface area contributed by atoms with E-state index in [4.69, 9.17) is 4.74 Å². The maximum atomic E-state index is 12.9. The molecule has 2 rings (SSSR count). The number of benzene rings is 2. The lowest BCUT2D eigenvalue weighted by molar-refractivity contribution is -0.124. The maximum absolute atomic E-state index is 12.9. The first-order valence-corrected chi connectivity index (χ1v) is 10.4. The third-order valence-electron chi connectivity index (χ3n) is 4.31. The van der Waals surface area contributed by atoms with Crippen LogP contribution in [0.15, 0.2) is 54.6 Å². The van der Waals surface area contributed by atoms with Gasteiger partial charge in [-0.15, -0.1) is 0 Å². The van der Waals surface area contributed by atoms with Gasteiger partial charge in [-0.2, -0.15) is 0 Å². The third-order valence-corrected chi connectivity index (χ3v) is 4.31. The SMILES string of the molecule is CC(C)(C)OC(=O)NC(Cc1ccccc1)C(=O)NCCNC(=O)Cc1ccc(F)cc1. The standard InChI is InChI=1S/C24H30FN3O4/c1-24(2,3)32-23(31)28-20(15-17-7-5-4-6-8-17)22(30)27-14-13-26-21(29)16-18-9-11-19(25)12-10-18/h4-12,20H,13-16H2,1-3H3,(H,26,29)(H,27,30)(H,28,31). The Balaban J connectivity index is 1.84. The van der Waals surface area contributed by atoms with E-state index < -0.39 is 17.7 Å². The number of hydrogen-bond donors (Lipinski definition) is 3. The molecule has 0 heterocycles. The Kier molecular flexibility index (Phi) is 9.19. The lowest BCUT2D eigenvalue weighted by Crippen LogP contribution is -2.50. The third kappa shape index (κ3) is 9.59. The van der Waals surface area contributed by atoms with Gasteiger partial charge in [0.25, 0.3) is 0 Å². The first-order valence-electron chi connectivity index (χ1n) is 10.4. The van der Waals surface area contributed by atoms with Crippen molar-refractivity contribution in [2.24, 2.45) is 0 Å². The van der Waals surface area contributed by atoms with E-state index >= 15 is 0 Å². The summed E-state index contributed by atoms with van der Waals surface area (Å²) < 4.78 is 18.2. The molecule has 8 heteroatoms. The quantitative estimate of drug-likeness (QED) is 0.519. The van der Waals surface area contributed by atoms with Crippen LogP contribution in [0.1, 0.15) is 31.9 Å². The molecule has 0 aliphatic rings. The minimum Gasteiger partial charge on any atom is -0.444 e. The van der Waals surface area contributed by atoms with Crippen LogP contribution >= 0.6 is 0 Å². The number of alkyl carbamates (subject to hydrolysis) is 1. The van der Waals surface area contributed by atoms with Crippen LogP contribution in [0.2, 0.25) is 0 Å². The zero-order valence-electron chi connectivity index (χ0n) is 18.6. The normalized spacial score (nSPS) is 11.9. The first-order chi connectivity index (χ1) is 15.1. The molecule has 3 amide bonds. The van der Waals surface area contributed by atoms with Gasteiger partial charge >= 0.3 is 6.09 Å². The van der Waals surface area contributed by atoms with Gasteiger partial charge < -0.3 is 20.7 Å². The number of ether oxygens (including phenoxy) is 1. The van der Waals surface area contributed by atoms with Crippen molar-refractivity contribution in [1.29, 1.82) is 0 Å². The van der Waals surface area contributed by atoms with E-state index in [1.807, 2.05) is 30.3 Å². The number of hydrogen-bond acceptors (Lipinski definition) is 4. The van der Waals surface area contributed by atoms with Crippen LogP contribution in [0.4, 0.5) is 9.18 Å². The van der Waals surface area contributed by atoms with Gasteiger partial charge in [0, 0.05) is 19.5 Å². The van der Waals surface area contributed by atoms with Crippen LogP contribution in [0, 0.1) is 5.82 Å². The van der Waals surface area contributed by atoms with Gasteiger partial charge in [-0.1, -0.05) is 42.5 Å².